The summed E-state index contributed by atoms with van der Waals surface area (Å²) in [7, 11) is 0. The van der Waals surface area contributed by atoms with Gasteiger partial charge < -0.3 is 24.6 Å². The van der Waals surface area contributed by atoms with Crippen LogP contribution >= 0.6 is 0 Å². The summed E-state index contributed by atoms with van der Waals surface area (Å²) in [6, 6.07) is 30.1. The standard InChI is InChI=1S/C32H31F2NO4/c33-26-16-25(29(36)17-27(26)34)30-32(39-20-24-14-8-3-9-15-24)31(38-19-23-12-6-2-7-13-23)28(35-30)21-37-18-22-10-4-1-5-11-22/h1-17,28,30-32,35-36H,18-21H2/t28-,30-,31-,32-/m1/s1. The number of phenolic OH excluding ortho intramolecular Hbond substituents is 1. The lowest BCUT2D eigenvalue weighted by Crippen LogP contribution is -2.39. The Kier molecular flexibility index (Phi) is 8.96. The second-order valence-corrected chi connectivity index (χ2v) is 9.60. The third kappa shape index (κ3) is 6.88. The molecule has 0 unspecified atom stereocenters. The molecule has 1 saturated heterocycles. The molecule has 1 aliphatic rings. The van der Waals surface area contributed by atoms with Crippen LogP contribution in [0.3, 0.4) is 0 Å². The molecule has 0 amide bonds. The zero-order chi connectivity index (χ0) is 27.0. The Morgan fingerprint density at radius 2 is 1.13 bits per heavy atom. The molecular formula is C32H31F2NO4. The Hall–Kier alpha value is -3.62. The summed E-state index contributed by atoms with van der Waals surface area (Å²) in [5.74, 6) is -2.51. The Balaban J connectivity index is 1.42. The van der Waals surface area contributed by atoms with E-state index in [4.69, 9.17) is 14.2 Å². The molecule has 0 spiro atoms. The smallest absolute Gasteiger partial charge is 0.162 e. The van der Waals surface area contributed by atoms with Crippen LogP contribution in [0, 0.1) is 11.6 Å². The molecule has 2 N–H and O–H groups in total. The number of halogens is 2. The van der Waals surface area contributed by atoms with E-state index in [1.54, 1.807) is 0 Å². The van der Waals surface area contributed by atoms with Crippen molar-refractivity contribution in [1.29, 1.82) is 0 Å². The van der Waals surface area contributed by atoms with Gasteiger partial charge in [0.15, 0.2) is 11.6 Å². The van der Waals surface area contributed by atoms with Gasteiger partial charge in [0.05, 0.1) is 38.5 Å². The van der Waals surface area contributed by atoms with Crippen molar-refractivity contribution in [3.63, 3.8) is 0 Å². The second-order valence-electron chi connectivity index (χ2n) is 9.60. The van der Waals surface area contributed by atoms with Crippen molar-refractivity contribution >= 4 is 0 Å². The zero-order valence-corrected chi connectivity index (χ0v) is 21.4. The first kappa shape index (κ1) is 27.0. The van der Waals surface area contributed by atoms with Gasteiger partial charge in [0.25, 0.3) is 0 Å². The highest BCUT2D eigenvalue weighted by Crippen LogP contribution is 2.38. The molecule has 0 aromatic heterocycles. The topological polar surface area (TPSA) is 60.0 Å². The number of benzene rings is 4. The highest BCUT2D eigenvalue weighted by molar-refractivity contribution is 5.38. The molecule has 1 fully saturated rings. The van der Waals surface area contributed by atoms with Crippen molar-refractivity contribution in [1.82, 2.24) is 5.32 Å². The minimum absolute atomic E-state index is 0.200. The maximum Gasteiger partial charge on any atom is 0.162 e. The first-order valence-corrected chi connectivity index (χ1v) is 12.9. The molecule has 5 rings (SSSR count). The van der Waals surface area contributed by atoms with Crippen molar-refractivity contribution < 1.29 is 28.1 Å². The summed E-state index contributed by atoms with van der Waals surface area (Å²) < 4.78 is 47.1. The number of nitrogens with one attached hydrogen (secondary N) is 1. The summed E-state index contributed by atoms with van der Waals surface area (Å²) in [4.78, 5) is 0. The van der Waals surface area contributed by atoms with E-state index in [1.807, 2.05) is 91.0 Å². The fourth-order valence-corrected chi connectivity index (χ4v) is 4.86. The maximum atomic E-state index is 14.3. The summed E-state index contributed by atoms with van der Waals surface area (Å²) in [6.07, 6.45) is -1.14. The van der Waals surface area contributed by atoms with Gasteiger partial charge in [-0.1, -0.05) is 91.0 Å². The molecule has 0 bridgehead atoms. The monoisotopic (exact) mass is 531 g/mol. The Bertz CT molecular complexity index is 1320. The molecule has 0 radical (unpaired) electrons. The van der Waals surface area contributed by atoms with Crippen molar-refractivity contribution in [3.05, 3.63) is 137 Å². The molecule has 4 aromatic carbocycles. The summed E-state index contributed by atoms with van der Waals surface area (Å²) in [5, 5.41) is 14.0. The van der Waals surface area contributed by atoms with Gasteiger partial charge in [-0.2, -0.15) is 0 Å². The Morgan fingerprint density at radius 1 is 0.641 bits per heavy atom. The first-order valence-electron chi connectivity index (χ1n) is 12.9. The van der Waals surface area contributed by atoms with Crippen LogP contribution in [-0.2, 0) is 34.0 Å². The van der Waals surface area contributed by atoms with E-state index in [1.165, 1.54) is 0 Å². The number of ether oxygens (including phenoxy) is 3. The molecule has 4 atom stereocenters. The van der Waals surface area contributed by atoms with Crippen LogP contribution in [0.1, 0.15) is 28.3 Å². The van der Waals surface area contributed by atoms with Gasteiger partial charge in [-0.3, -0.25) is 0 Å². The maximum absolute atomic E-state index is 14.3. The largest absolute Gasteiger partial charge is 0.507 e. The predicted octanol–water partition coefficient (Wildman–Crippen LogP) is 6.07. The number of phenols is 1. The third-order valence-electron chi connectivity index (χ3n) is 6.83. The third-order valence-corrected chi connectivity index (χ3v) is 6.83. The van der Waals surface area contributed by atoms with E-state index in [0.717, 1.165) is 28.8 Å². The van der Waals surface area contributed by atoms with Crippen molar-refractivity contribution in [2.75, 3.05) is 6.61 Å². The lowest BCUT2D eigenvalue weighted by atomic mass is 9.99. The van der Waals surface area contributed by atoms with E-state index >= 15 is 0 Å². The fraction of sp³-hybridized carbons (Fsp3) is 0.250. The van der Waals surface area contributed by atoms with Crippen LogP contribution in [-0.4, -0.2) is 30.0 Å². The van der Waals surface area contributed by atoms with Crippen molar-refractivity contribution in [3.8, 4) is 5.75 Å². The molecule has 4 aromatic rings. The van der Waals surface area contributed by atoms with Crippen LogP contribution in [0.25, 0.3) is 0 Å². The average molecular weight is 532 g/mol. The quantitative estimate of drug-likeness (QED) is 0.246. The molecule has 202 valence electrons. The van der Waals surface area contributed by atoms with E-state index in [-0.39, 0.29) is 30.6 Å². The van der Waals surface area contributed by atoms with Gasteiger partial charge in [0.1, 0.15) is 18.0 Å². The Labute approximate surface area is 227 Å². The van der Waals surface area contributed by atoms with Gasteiger partial charge in [-0.25, -0.2) is 8.78 Å². The number of rotatable bonds is 11. The minimum atomic E-state index is -1.12. The molecule has 39 heavy (non-hydrogen) atoms. The van der Waals surface area contributed by atoms with Gasteiger partial charge >= 0.3 is 0 Å². The number of hydrogen-bond acceptors (Lipinski definition) is 5. The van der Waals surface area contributed by atoms with Gasteiger partial charge in [-0.15, -0.1) is 0 Å². The molecule has 0 aliphatic carbocycles. The summed E-state index contributed by atoms with van der Waals surface area (Å²) >= 11 is 0. The number of aromatic hydroxyl groups is 1. The molecular weight excluding hydrogens is 500 g/mol. The molecule has 5 nitrogen and oxygen atoms in total. The van der Waals surface area contributed by atoms with Crippen LogP contribution in [0.15, 0.2) is 103 Å². The zero-order valence-electron chi connectivity index (χ0n) is 21.4. The summed E-state index contributed by atoms with van der Waals surface area (Å²) in [6.45, 7) is 1.28. The van der Waals surface area contributed by atoms with Crippen LogP contribution < -0.4 is 5.32 Å². The van der Waals surface area contributed by atoms with E-state index < -0.39 is 29.9 Å². The van der Waals surface area contributed by atoms with Crippen LogP contribution in [0.2, 0.25) is 0 Å². The van der Waals surface area contributed by atoms with Crippen molar-refractivity contribution in [2.45, 2.75) is 44.1 Å². The lowest BCUT2D eigenvalue weighted by Gasteiger charge is -2.27. The van der Waals surface area contributed by atoms with Crippen molar-refractivity contribution in [2.24, 2.45) is 0 Å². The fourth-order valence-electron chi connectivity index (χ4n) is 4.86. The van der Waals surface area contributed by atoms with E-state index in [9.17, 15) is 13.9 Å². The SMILES string of the molecule is Oc1cc(F)c(F)cc1[C@H]1N[C@H](COCc2ccccc2)[C@@H](OCc2ccccc2)[C@@H]1OCc1ccccc1. The minimum Gasteiger partial charge on any atom is -0.507 e. The second kappa shape index (κ2) is 13.0. The summed E-state index contributed by atoms with van der Waals surface area (Å²) in [5.41, 5.74) is 3.17. The van der Waals surface area contributed by atoms with Crippen LogP contribution in [0.5, 0.6) is 5.75 Å². The molecule has 1 aliphatic heterocycles. The predicted molar refractivity (Wildman–Crippen MR) is 144 cm³/mol. The van der Waals surface area contributed by atoms with E-state index in [0.29, 0.717) is 13.2 Å². The lowest BCUT2D eigenvalue weighted by molar-refractivity contribution is -0.0863. The highest BCUT2D eigenvalue weighted by Gasteiger charge is 2.46. The van der Waals surface area contributed by atoms with Gasteiger partial charge in [0, 0.05) is 11.6 Å². The normalized spacial score (nSPS) is 20.8. The van der Waals surface area contributed by atoms with Gasteiger partial charge in [-0.05, 0) is 22.8 Å². The first-order chi connectivity index (χ1) is 19.1. The molecule has 0 saturated carbocycles. The Morgan fingerprint density at radius 3 is 1.69 bits per heavy atom. The van der Waals surface area contributed by atoms with E-state index in [2.05, 4.69) is 5.32 Å². The molecule has 1 heterocycles. The highest BCUT2D eigenvalue weighted by atomic mass is 19.2. The molecule has 7 heteroatoms. The van der Waals surface area contributed by atoms with Crippen LogP contribution in [0.4, 0.5) is 8.78 Å². The number of hydrogen-bond donors (Lipinski definition) is 2. The van der Waals surface area contributed by atoms with Gasteiger partial charge in [0.2, 0.25) is 0 Å². The average Bonchev–Trinajstić information content (AvgIpc) is 3.31.